The normalized spacial score (nSPS) is 10.7. The average molecular weight is 404 g/mol. The minimum Gasteiger partial charge on any atom is -0.504 e. The Hall–Kier alpha value is -4.07. The van der Waals surface area contributed by atoms with Gasteiger partial charge >= 0.3 is 5.97 Å². The Bertz CT molecular complexity index is 1200. The number of carbonyl (C=O) groups excluding carboxylic acids is 1. The Balaban J connectivity index is 1.75. The van der Waals surface area contributed by atoms with Crippen LogP contribution in [0.1, 0.15) is 17.3 Å². The standard InChI is InChI=1S/C22H20N4O4/c1-3-30-22(28)14-4-7-16(8-5-14)24-21-20(25-19-13-23-10-11-26(19)21)15-6-9-17(27)18(12-15)29-2/h4-13,24,27H,3H2,1-2H3. The number of rotatable bonds is 6. The Labute approximate surface area is 172 Å². The van der Waals surface area contributed by atoms with Crippen molar-refractivity contribution in [1.29, 1.82) is 0 Å². The molecule has 30 heavy (non-hydrogen) atoms. The van der Waals surface area contributed by atoms with Gasteiger partial charge in [-0.3, -0.25) is 9.38 Å². The molecule has 2 N–H and O–H groups in total. The molecule has 0 radical (unpaired) electrons. The van der Waals surface area contributed by atoms with Gasteiger partial charge in [0.05, 0.1) is 25.5 Å². The number of carbonyl (C=O) groups is 1. The fraction of sp³-hybridized carbons (Fsp3) is 0.136. The van der Waals surface area contributed by atoms with Crippen molar-refractivity contribution in [3.63, 3.8) is 0 Å². The number of nitrogens with zero attached hydrogens (tertiary/aromatic N) is 3. The SMILES string of the molecule is CCOC(=O)c1ccc(Nc2c(-c3ccc(O)c(OC)c3)nc3cnccn23)cc1. The first-order valence-electron chi connectivity index (χ1n) is 9.34. The number of aromatic nitrogens is 3. The number of aromatic hydroxyl groups is 1. The highest BCUT2D eigenvalue weighted by atomic mass is 16.5. The number of nitrogens with one attached hydrogen (secondary N) is 1. The van der Waals surface area contributed by atoms with E-state index in [1.54, 1.807) is 68.0 Å². The zero-order valence-corrected chi connectivity index (χ0v) is 16.5. The van der Waals surface area contributed by atoms with E-state index >= 15 is 0 Å². The molecular weight excluding hydrogens is 384 g/mol. The summed E-state index contributed by atoms with van der Waals surface area (Å²) >= 11 is 0. The van der Waals surface area contributed by atoms with Gasteiger partial charge in [0.1, 0.15) is 11.5 Å². The summed E-state index contributed by atoms with van der Waals surface area (Å²) in [5.41, 5.74) is 3.34. The molecule has 0 spiro atoms. The summed E-state index contributed by atoms with van der Waals surface area (Å²) in [5, 5.41) is 13.3. The van der Waals surface area contributed by atoms with Crippen LogP contribution < -0.4 is 10.1 Å². The minimum absolute atomic E-state index is 0.0516. The number of methoxy groups -OCH3 is 1. The van der Waals surface area contributed by atoms with E-state index < -0.39 is 0 Å². The van der Waals surface area contributed by atoms with Crippen LogP contribution in [-0.4, -0.2) is 39.2 Å². The lowest BCUT2D eigenvalue weighted by atomic mass is 10.1. The number of ether oxygens (including phenoxy) is 2. The first-order valence-corrected chi connectivity index (χ1v) is 9.34. The smallest absolute Gasteiger partial charge is 0.338 e. The summed E-state index contributed by atoms with van der Waals surface area (Å²) in [6.07, 6.45) is 5.14. The van der Waals surface area contributed by atoms with Gasteiger partial charge in [-0.1, -0.05) is 0 Å². The summed E-state index contributed by atoms with van der Waals surface area (Å²) in [5.74, 6) is 0.758. The summed E-state index contributed by atoms with van der Waals surface area (Å²) in [4.78, 5) is 20.7. The maximum absolute atomic E-state index is 11.9. The van der Waals surface area contributed by atoms with E-state index in [1.807, 2.05) is 4.40 Å². The molecule has 0 aliphatic heterocycles. The van der Waals surface area contributed by atoms with Crippen molar-refractivity contribution in [3.05, 3.63) is 66.6 Å². The van der Waals surface area contributed by atoms with Crippen LogP contribution in [0.25, 0.3) is 16.9 Å². The molecule has 0 saturated heterocycles. The molecule has 0 fully saturated rings. The Morgan fingerprint density at radius 1 is 1.20 bits per heavy atom. The van der Waals surface area contributed by atoms with E-state index in [4.69, 9.17) is 9.47 Å². The summed E-state index contributed by atoms with van der Waals surface area (Å²) in [7, 11) is 1.50. The third-order valence-corrected chi connectivity index (χ3v) is 4.54. The van der Waals surface area contributed by atoms with Gasteiger partial charge in [0, 0.05) is 23.6 Å². The molecule has 8 nitrogen and oxygen atoms in total. The molecule has 2 aromatic carbocycles. The second kappa shape index (κ2) is 8.12. The molecule has 0 saturated carbocycles. The fourth-order valence-corrected chi connectivity index (χ4v) is 3.09. The zero-order valence-electron chi connectivity index (χ0n) is 16.5. The van der Waals surface area contributed by atoms with E-state index in [0.717, 1.165) is 11.3 Å². The third kappa shape index (κ3) is 3.62. The Morgan fingerprint density at radius 3 is 2.73 bits per heavy atom. The number of fused-ring (bicyclic) bond motifs is 1. The molecule has 0 amide bonds. The van der Waals surface area contributed by atoms with E-state index in [-0.39, 0.29) is 11.7 Å². The van der Waals surface area contributed by atoms with Gasteiger partial charge in [-0.05, 0) is 49.4 Å². The topological polar surface area (TPSA) is 98.0 Å². The van der Waals surface area contributed by atoms with Crippen LogP contribution in [0.15, 0.2) is 61.1 Å². The van der Waals surface area contributed by atoms with Crippen molar-refractivity contribution in [2.45, 2.75) is 6.92 Å². The predicted octanol–water partition coefficient (Wildman–Crippen LogP) is 4.03. The van der Waals surface area contributed by atoms with Crippen molar-refractivity contribution < 1.29 is 19.4 Å². The summed E-state index contributed by atoms with van der Waals surface area (Å²) < 4.78 is 12.1. The van der Waals surface area contributed by atoms with Crippen LogP contribution in [0, 0.1) is 0 Å². The first-order chi connectivity index (χ1) is 14.6. The Morgan fingerprint density at radius 2 is 2.00 bits per heavy atom. The van der Waals surface area contributed by atoms with Gasteiger partial charge in [-0.2, -0.15) is 0 Å². The van der Waals surface area contributed by atoms with E-state index in [9.17, 15) is 9.90 Å². The quantitative estimate of drug-likeness (QED) is 0.468. The van der Waals surface area contributed by atoms with Crippen molar-refractivity contribution in [2.24, 2.45) is 0 Å². The Kier molecular flexibility index (Phi) is 5.21. The van der Waals surface area contributed by atoms with Crippen molar-refractivity contribution in [3.8, 4) is 22.8 Å². The summed E-state index contributed by atoms with van der Waals surface area (Å²) in [6.45, 7) is 2.10. The zero-order chi connectivity index (χ0) is 21.1. The molecular formula is C22H20N4O4. The number of phenolic OH excluding ortho intramolecular Hbond substituents is 1. The van der Waals surface area contributed by atoms with E-state index in [1.165, 1.54) is 7.11 Å². The number of anilines is 2. The minimum atomic E-state index is -0.359. The molecule has 8 heteroatoms. The summed E-state index contributed by atoms with van der Waals surface area (Å²) in [6, 6.07) is 12.1. The maximum Gasteiger partial charge on any atom is 0.338 e. The lowest BCUT2D eigenvalue weighted by Crippen LogP contribution is -2.04. The molecule has 0 unspecified atom stereocenters. The number of hydrogen-bond donors (Lipinski definition) is 2. The molecule has 4 aromatic rings. The van der Waals surface area contributed by atoms with Crippen LogP contribution in [0.3, 0.4) is 0 Å². The molecule has 0 aliphatic carbocycles. The predicted molar refractivity (Wildman–Crippen MR) is 112 cm³/mol. The second-order valence-corrected chi connectivity index (χ2v) is 6.42. The highest BCUT2D eigenvalue weighted by Crippen LogP contribution is 2.36. The molecule has 0 aliphatic rings. The van der Waals surface area contributed by atoms with Gasteiger partial charge in [0.25, 0.3) is 0 Å². The second-order valence-electron chi connectivity index (χ2n) is 6.42. The number of benzene rings is 2. The monoisotopic (exact) mass is 404 g/mol. The van der Waals surface area contributed by atoms with Crippen LogP contribution in [0.2, 0.25) is 0 Å². The molecule has 152 valence electrons. The lowest BCUT2D eigenvalue weighted by molar-refractivity contribution is 0.0526. The van der Waals surface area contributed by atoms with Gasteiger partial charge in [0.15, 0.2) is 17.1 Å². The molecule has 2 aromatic heterocycles. The van der Waals surface area contributed by atoms with E-state index in [0.29, 0.717) is 35.1 Å². The van der Waals surface area contributed by atoms with Gasteiger partial charge in [-0.15, -0.1) is 0 Å². The highest BCUT2D eigenvalue weighted by molar-refractivity contribution is 5.90. The van der Waals surface area contributed by atoms with Crippen molar-refractivity contribution in [1.82, 2.24) is 14.4 Å². The van der Waals surface area contributed by atoms with Gasteiger partial charge in [-0.25, -0.2) is 9.78 Å². The number of phenols is 1. The van der Waals surface area contributed by atoms with Crippen molar-refractivity contribution >= 4 is 23.1 Å². The van der Waals surface area contributed by atoms with Crippen LogP contribution in [-0.2, 0) is 4.74 Å². The number of esters is 1. The number of hydrogen-bond acceptors (Lipinski definition) is 7. The fourth-order valence-electron chi connectivity index (χ4n) is 3.09. The average Bonchev–Trinajstić information content (AvgIpc) is 3.13. The van der Waals surface area contributed by atoms with Crippen LogP contribution >= 0.6 is 0 Å². The lowest BCUT2D eigenvalue weighted by Gasteiger charge is -2.11. The van der Waals surface area contributed by atoms with E-state index in [2.05, 4.69) is 15.3 Å². The van der Waals surface area contributed by atoms with Gasteiger partial charge < -0.3 is 19.9 Å². The third-order valence-electron chi connectivity index (χ3n) is 4.54. The van der Waals surface area contributed by atoms with Crippen LogP contribution in [0.4, 0.5) is 11.5 Å². The van der Waals surface area contributed by atoms with Crippen molar-refractivity contribution in [2.75, 3.05) is 19.0 Å². The highest BCUT2D eigenvalue weighted by Gasteiger charge is 2.16. The maximum atomic E-state index is 11.9. The van der Waals surface area contributed by atoms with Gasteiger partial charge in [0.2, 0.25) is 0 Å². The van der Waals surface area contributed by atoms with Crippen LogP contribution in [0.5, 0.6) is 11.5 Å². The molecule has 0 bridgehead atoms. The largest absolute Gasteiger partial charge is 0.504 e. The number of imidazole rings is 1. The molecule has 4 rings (SSSR count). The molecule has 0 atom stereocenters. The molecule has 2 heterocycles. The first kappa shape index (κ1) is 19.3.